The lowest BCUT2D eigenvalue weighted by atomic mass is 10.3. The molecule has 0 N–H and O–H groups in total. The molecular formula is C12H20BrN3O2. The van der Waals surface area contributed by atoms with Crippen LogP contribution >= 0.6 is 15.9 Å². The Kier molecular flexibility index (Phi) is 5.81. The first-order chi connectivity index (χ1) is 8.49. The van der Waals surface area contributed by atoms with Gasteiger partial charge in [0.15, 0.2) is 0 Å². The summed E-state index contributed by atoms with van der Waals surface area (Å²) in [5, 5.41) is 4.34. The van der Waals surface area contributed by atoms with Crippen LogP contribution < -0.4 is 0 Å². The Morgan fingerprint density at radius 1 is 1.50 bits per heavy atom. The average molecular weight is 318 g/mol. The molecule has 102 valence electrons. The van der Waals surface area contributed by atoms with Crippen molar-refractivity contribution >= 4 is 21.9 Å². The summed E-state index contributed by atoms with van der Waals surface area (Å²) in [5.74, 6) is -0.186. The number of carbonyl (C=O) groups excluding carboxylic acids is 1. The number of aryl methyl sites for hydroxylation is 2. The van der Waals surface area contributed by atoms with E-state index < -0.39 is 0 Å². The van der Waals surface area contributed by atoms with Crippen molar-refractivity contribution in [2.75, 3.05) is 19.7 Å². The second-order valence-electron chi connectivity index (χ2n) is 4.08. The second-order valence-corrected chi connectivity index (χ2v) is 4.87. The summed E-state index contributed by atoms with van der Waals surface area (Å²) in [7, 11) is 1.91. The smallest absolute Gasteiger partial charge is 0.320 e. The normalized spacial score (nSPS) is 11.0. The number of likely N-dealkylation sites (N-methyl/N-ethyl adjacent to an activating group) is 1. The van der Waals surface area contributed by atoms with Crippen molar-refractivity contribution in [3.8, 4) is 0 Å². The Labute approximate surface area is 116 Å². The fraction of sp³-hybridized carbons (Fsp3) is 0.667. The van der Waals surface area contributed by atoms with Gasteiger partial charge < -0.3 is 4.74 Å². The SMILES string of the molecule is CCOC(=O)CN(CC)Cc1c(Br)c(C)nn1C. The van der Waals surface area contributed by atoms with Gasteiger partial charge in [-0.1, -0.05) is 6.92 Å². The van der Waals surface area contributed by atoms with E-state index in [1.807, 2.05) is 37.4 Å². The van der Waals surface area contributed by atoms with E-state index >= 15 is 0 Å². The van der Waals surface area contributed by atoms with E-state index in [1.165, 1.54) is 0 Å². The third-order valence-corrected chi connectivity index (χ3v) is 3.77. The number of hydrogen-bond donors (Lipinski definition) is 0. The highest BCUT2D eigenvalue weighted by atomic mass is 79.9. The third kappa shape index (κ3) is 3.81. The summed E-state index contributed by atoms with van der Waals surface area (Å²) in [6.45, 7) is 7.98. The van der Waals surface area contributed by atoms with Gasteiger partial charge in [0, 0.05) is 13.6 Å². The molecule has 0 saturated heterocycles. The minimum absolute atomic E-state index is 0.186. The van der Waals surface area contributed by atoms with Crippen LogP contribution in [0.2, 0.25) is 0 Å². The van der Waals surface area contributed by atoms with Gasteiger partial charge in [0.2, 0.25) is 0 Å². The number of ether oxygens (including phenoxy) is 1. The van der Waals surface area contributed by atoms with E-state index in [9.17, 15) is 4.79 Å². The molecule has 6 heteroatoms. The summed E-state index contributed by atoms with van der Waals surface area (Å²) >= 11 is 3.53. The van der Waals surface area contributed by atoms with Crippen LogP contribution in [0.15, 0.2) is 4.47 Å². The van der Waals surface area contributed by atoms with Gasteiger partial charge in [0.1, 0.15) is 0 Å². The van der Waals surface area contributed by atoms with Crippen LogP contribution in [0.1, 0.15) is 25.2 Å². The van der Waals surface area contributed by atoms with E-state index in [0.717, 1.165) is 22.4 Å². The fourth-order valence-corrected chi connectivity index (χ4v) is 2.19. The highest BCUT2D eigenvalue weighted by Gasteiger charge is 2.16. The minimum atomic E-state index is -0.186. The van der Waals surface area contributed by atoms with Crippen molar-refractivity contribution < 1.29 is 9.53 Å². The standard InChI is InChI=1S/C12H20BrN3O2/c1-5-16(8-11(17)18-6-2)7-10-12(13)9(3)14-15(10)4/h5-8H2,1-4H3. The lowest BCUT2D eigenvalue weighted by Crippen LogP contribution is -2.31. The number of nitrogens with zero attached hydrogens (tertiary/aromatic N) is 3. The molecule has 0 atom stereocenters. The topological polar surface area (TPSA) is 47.4 Å². The van der Waals surface area contributed by atoms with Crippen LogP contribution in [-0.4, -0.2) is 40.3 Å². The number of esters is 1. The first-order valence-electron chi connectivity index (χ1n) is 6.05. The van der Waals surface area contributed by atoms with Crippen molar-refractivity contribution in [1.82, 2.24) is 14.7 Å². The van der Waals surface area contributed by atoms with Crippen LogP contribution in [0.25, 0.3) is 0 Å². The minimum Gasteiger partial charge on any atom is -0.465 e. The number of rotatable bonds is 6. The molecule has 0 amide bonds. The summed E-state index contributed by atoms with van der Waals surface area (Å²) in [4.78, 5) is 13.5. The van der Waals surface area contributed by atoms with Crippen molar-refractivity contribution in [2.24, 2.45) is 7.05 Å². The van der Waals surface area contributed by atoms with Crippen molar-refractivity contribution in [2.45, 2.75) is 27.3 Å². The Hall–Kier alpha value is -0.880. The molecular weight excluding hydrogens is 298 g/mol. The van der Waals surface area contributed by atoms with Crippen LogP contribution in [0.4, 0.5) is 0 Å². The Morgan fingerprint density at radius 2 is 2.17 bits per heavy atom. The first-order valence-corrected chi connectivity index (χ1v) is 6.84. The van der Waals surface area contributed by atoms with Gasteiger partial charge in [-0.05, 0) is 36.3 Å². The molecule has 1 heterocycles. The second kappa shape index (κ2) is 6.89. The van der Waals surface area contributed by atoms with Gasteiger partial charge >= 0.3 is 5.97 Å². The lowest BCUT2D eigenvalue weighted by molar-refractivity contribution is -0.144. The van der Waals surface area contributed by atoms with Gasteiger partial charge in [-0.3, -0.25) is 14.4 Å². The van der Waals surface area contributed by atoms with Crippen molar-refractivity contribution in [3.05, 3.63) is 15.9 Å². The average Bonchev–Trinajstić information content (AvgIpc) is 2.55. The Bertz CT molecular complexity index is 418. The zero-order valence-electron chi connectivity index (χ0n) is 11.4. The maximum absolute atomic E-state index is 11.5. The molecule has 0 aliphatic heterocycles. The molecule has 1 aromatic heterocycles. The van der Waals surface area contributed by atoms with Crippen LogP contribution in [0, 0.1) is 6.92 Å². The van der Waals surface area contributed by atoms with Gasteiger partial charge in [-0.2, -0.15) is 5.10 Å². The maximum Gasteiger partial charge on any atom is 0.320 e. The van der Waals surface area contributed by atoms with E-state index in [2.05, 4.69) is 21.0 Å². The zero-order valence-corrected chi connectivity index (χ0v) is 13.0. The number of halogens is 1. The van der Waals surface area contributed by atoms with Gasteiger partial charge in [0.25, 0.3) is 0 Å². The van der Waals surface area contributed by atoms with Gasteiger partial charge in [-0.15, -0.1) is 0 Å². The van der Waals surface area contributed by atoms with Crippen molar-refractivity contribution in [3.63, 3.8) is 0 Å². The van der Waals surface area contributed by atoms with Gasteiger partial charge in [-0.25, -0.2) is 0 Å². The quantitative estimate of drug-likeness (QED) is 0.752. The summed E-state index contributed by atoms with van der Waals surface area (Å²) in [5.41, 5.74) is 2.03. The largest absolute Gasteiger partial charge is 0.465 e. The first kappa shape index (κ1) is 15.2. The molecule has 1 aromatic rings. The van der Waals surface area contributed by atoms with Crippen LogP contribution in [-0.2, 0) is 23.1 Å². The lowest BCUT2D eigenvalue weighted by Gasteiger charge is -2.19. The molecule has 0 saturated carbocycles. The molecule has 0 aromatic carbocycles. The van der Waals surface area contributed by atoms with Crippen LogP contribution in [0.3, 0.4) is 0 Å². The molecule has 5 nitrogen and oxygen atoms in total. The monoisotopic (exact) mass is 317 g/mol. The fourth-order valence-electron chi connectivity index (χ4n) is 1.73. The molecule has 0 fully saturated rings. The molecule has 1 rings (SSSR count). The molecule has 0 spiro atoms. The van der Waals surface area contributed by atoms with Crippen LogP contribution in [0.5, 0.6) is 0 Å². The molecule has 0 aliphatic rings. The predicted octanol–water partition coefficient (Wildman–Crippen LogP) is 1.88. The number of hydrogen-bond acceptors (Lipinski definition) is 4. The van der Waals surface area contributed by atoms with E-state index in [1.54, 1.807) is 0 Å². The number of carbonyl (C=O) groups is 1. The van der Waals surface area contributed by atoms with E-state index in [-0.39, 0.29) is 5.97 Å². The Morgan fingerprint density at radius 3 is 2.61 bits per heavy atom. The Balaban J connectivity index is 2.71. The molecule has 0 unspecified atom stereocenters. The van der Waals surface area contributed by atoms with E-state index in [0.29, 0.717) is 19.7 Å². The molecule has 18 heavy (non-hydrogen) atoms. The van der Waals surface area contributed by atoms with Gasteiger partial charge in [0.05, 0.1) is 29.0 Å². The summed E-state index contributed by atoms with van der Waals surface area (Å²) in [6, 6.07) is 0. The number of aromatic nitrogens is 2. The molecule has 0 aliphatic carbocycles. The summed E-state index contributed by atoms with van der Waals surface area (Å²) in [6.07, 6.45) is 0. The van der Waals surface area contributed by atoms with Crippen molar-refractivity contribution in [1.29, 1.82) is 0 Å². The molecule has 0 bridgehead atoms. The third-order valence-electron chi connectivity index (χ3n) is 2.74. The molecule has 0 radical (unpaired) electrons. The zero-order chi connectivity index (χ0) is 13.7. The highest BCUT2D eigenvalue weighted by Crippen LogP contribution is 2.21. The maximum atomic E-state index is 11.5. The highest BCUT2D eigenvalue weighted by molar-refractivity contribution is 9.10. The predicted molar refractivity (Wildman–Crippen MR) is 73.2 cm³/mol. The van der Waals surface area contributed by atoms with E-state index in [4.69, 9.17) is 4.74 Å². The summed E-state index contributed by atoms with van der Waals surface area (Å²) < 4.78 is 7.81.